The van der Waals surface area contributed by atoms with Gasteiger partial charge in [0.25, 0.3) is 0 Å². The van der Waals surface area contributed by atoms with Gasteiger partial charge in [-0.15, -0.1) is 0 Å². The molecule has 0 radical (unpaired) electrons. The van der Waals surface area contributed by atoms with E-state index in [2.05, 4.69) is 65.6 Å². The first-order chi connectivity index (χ1) is 20.5. The third kappa shape index (κ3) is 4.34. The maximum atomic E-state index is 11.8. The Morgan fingerprint density at radius 1 is 0.714 bits per heavy atom. The van der Waals surface area contributed by atoms with Gasteiger partial charge in [-0.05, 0) is 59.5 Å². The Morgan fingerprint density at radius 2 is 1.43 bits per heavy atom. The minimum atomic E-state index is -0.932. The molecule has 5 aromatic carbocycles. The van der Waals surface area contributed by atoms with Gasteiger partial charge in [0.15, 0.2) is 0 Å². The van der Waals surface area contributed by atoms with Crippen molar-refractivity contribution < 1.29 is 9.90 Å². The largest absolute Gasteiger partial charge is 0.478 e. The van der Waals surface area contributed by atoms with Crippen LogP contribution in [0.1, 0.15) is 21.5 Å². The van der Waals surface area contributed by atoms with Gasteiger partial charge in [-0.1, -0.05) is 84.9 Å². The summed E-state index contributed by atoms with van der Waals surface area (Å²) in [6, 6.07) is 38.0. The van der Waals surface area contributed by atoms with E-state index in [1.165, 1.54) is 0 Å². The summed E-state index contributed by atoms with van der Waals surface area (Å²) in [5, 5.41) is 9.66. The highest BCUT2D eigenvalue weighted by Gasteiger charge is 2.19. The zero-order valence-electron chi connectivity index (χ0n) is 23.3. The van der Waals surface area contributed by atoms with Crippen molar-refractivity contribution in [3.8, 4) is 33.9 Å². The lowest BCUT2D eigenvalue weighted by atomic mass is 9.98. The smallest absolute Gasteiger partial charge is 0.336 e. The minimum absolute atomic E-state index is 0.294. The molecule has 0 saturated carbocycles. The average molecular weight is 549 g/mol. The van der Waals surface area contributed by atoms with Crippen LogP contribution in [0.15, 0.2) is 115 Å². The van der Waals surface area contributed by atoms with Crippen LogP contribution in [0.3, 0.4) is 0 Å². The van der Waals surface area contributed by atoms with Crippen LogP contribution >= 0.6 is 0 Å². The molecule has 42 heavy (non-hydrogen) atoms. The lowest BCUT2D eigenvalue weighted by Crippen LogP contribution is -2.03. The monoisotopic (exact) mass is 548 g/mol. The van der Waals surface area contributed by atoms with E-state index in [4.69, 9.17) is 9.97 Å². The van der Waals surface area contributed by atoms with Gasteiger partial charge in [0, 0.05) is 24.7 Å². The molecule has 0 fully saturated rings. The molecule has 7 rings (SSSR count). The van der Waals surface area contributed by atoms with Crippen molar-refractivity contribution in [2.45, 2.75) is 13.5 Å². The molecule has 0 spiro atoms. The minimum Gasteiger partial charge on any atom is -0.478 e. The second-order valence-electron chi connectivity index (χ2n) is 10.6. The second kappa shape index (κ2) is 10.2. The third-order valence-electron chi connectivity index (χ3n) is 7.88. The molecule has 0 aliphatic rings. The number of carboxylic acids is 1. The van der Waals surface area contributed by atoms with Crippen LogP contribution in [0.25, 0.3) is 56.0 Å². The molecular formula is C36H28N4O2. The molecule has 0 saturated heterocycles. The van der Waals surface area contributed by atoms with E-state index in [1.54, 1.807) is 12.1 Å². The predicted octanol–water partition coefficient (Wildman–Crippen LogP) is 7.98. The summed E-state index contributed by atoms with van der Waals surface area (Å²) in [5.41, 5.74) is 10.2. The van der Waals surface area contributed by atoms with E-state index in [0.29, 0.717) is 17.7 Å². The van der Waals surface area contributed by atoms with Crippen LogP contribution in [-0.2, 0) is 13.6 Å². The van der Waals surface area contributed by atoms with Crippen LogP contribution in [0.5, 0.6) is 0 Å². The molecule has 0 amide bonds. The molecule has 2 aromatic heterocycles. The zero-order valence-corrected chi connectivity index (χ0v) is 23.3. The number of rotatable bonds is 6. The van der Waals surface area contributed by atoms with Crippen LogP contribution in [0.4, 0.5) is 0 Å². The number of hydrogen-bond acceptors (Lipinski definition) is 3. The van der Waals surface area contributed by atoms with Crippen LogP contribution in [0, 0.1) is 6.92 Å². The van der Waals surface area contributed by atoms with Gasteiger partial charge in [-0.2, -0.15) is 0 Å². The summed E-state index contributed by atoms with van der Waals surface area (Å²) in [5.74, 6) is 0.881. The fourth-order valence-corrected chi connectivity index (χ4v) is 5.79. The van der Waals surface area contributed by atoms with Crippen molar-refractivity contribution in [1.82, 2.24) is 19.1 Å². The zero-order chi connectivity index (χ0) is 28.8. The Hall–Kier alpha value is -5.49. The van der Waals surface area contributed by atoms with E-state index in [9.17, 15) is 9.90 Å². The molecule has 1 N–H and O–H groups in total. The summed E-state index contributed by atoms with van der Waals surface area (Å²) >= 11 is 0. The highest BCUT2D eigenvalue weighted by atomic mass is 16.4. The van der Waals surface area contributed by atoms with Crippen molar-refractivity contribution in [3.05, 3.63) is 132 Å². The Kier molecular flexibility index (Phi) is 6.16. The molecule has 0 bridgehead atoms. The lowest BCUT2D eigenvalue weighted by molar-refractivity contribution is 0.0697. The number of aryl methyl sites for hydroxylation is 2. The Bertz CT molecular complexity index is 2110. The summed E-state index contributed by atoms with van der Waals surface area (Å²) < 4.78 is 4.41. The number of benzene rings is 5. The lowest BCUT2D eigenvalue weighted by Gasteiger charge is -2.12. The number of carbonyl (C=O) groups is 1. The topological polar surface area (TPSA) is 72.9 Å². The van der Waals surface area contributed by atoms with Gasteiger partial charge in [0.05, 0.1) is 27.6 Å². The predicted molar refractivity (Wildman–Crippen MR) is 168 cm³/mol. The first-order valence-corrected chi connectivity index (χ1v) is 13.9. The number of aromatic nitrogens is 4. The van der Waals surface area contributed by atoms with Crippen molar-refractivity contribution in [2.75, 3.05) is 0 Å². The molecule has 0 aliphatic heterocycles. The molecule has 0 aliphatic carbocycles. The van der Waals surface area contributed by atoms with E-state index in [1.807, 2.05) is 60.7 Å². The number of imidazole rings is 2. The van der Waals surface area contributed by atoms with Crippen molar-refractivity contribution in [1.29, 1.82) is 0 Å². The van der Waals surface area contributed by atoms with Gasteiger partial charge >= 0.3 is 5.97 Å². The highest BCUT2D eigenvalue weighted by molar-refractivity contribution is 5.96. The fourth-order valence-electron chi connectivity index (χ4n) is 5.79. The first-order valence-electron chi connectivity index (χ1n) is 13.9. The molecule has 2 heterocycles. The average Bonchev–Trinajstić information content (AvgIpc) is 3.56. The molecule has 0 atom stereocenters. The maximum absolute atomic E-state index is 11.8. The fraction of sp³-hybridized carbons (Fsp3) is 0.0833. The van der Waals surface area contributed by atoms with Gasteiger partial charge in [-0.25, -0.2) is 14.8 Å². The van der Waals surface area contributed by atoms with E-state index in [-0.39, 0.29) is 0 Å². The molecule has 6 nitrogen and oxygen atoms in total. The number of fused-ring (bicyclic) bond motifs is 2. The van der Waals surface area contributed by atoms with E-state index >= 15 is 0 Å². The normalized spacial score (nSPS) is 11.4. The summed E-state index contributed by atoms with van der Waals surface area (Å²) in [6.07, 6.45) is 0. The molecule has 7 aromatic rings. The molecular weight excluding hydrogens is 520 g/mol. The Morgan fingerprint density at radius 3 is 2.19 bits per heavy atom. The molecule has 6 heteroatoms. The van der Waals surface area contributed by atoms with Gasteiger partial charge in [0.2, 0.25) is 0 Å². The quantitative estimate of drug-likeness (QED) is 0.229. The SMILES string of the molecule is Cc1cc(-c2nc3ccccc3n2C)cc2c1nc(-c1ccccc1)n2Cc1ccc(-c2ccccc2C(=O)O)cc1. The Balaban J connectivity index is 1.36. The number of carboxylic acid groups (broad SMARTS) is 1. The van der Waals surface area contributed by atoms with Gasteiger partial charge in [0.1, 0.15) is 11.6 Å². The van der Waals surface area contributed by atoms with Crippen molar-refractivity contribution in [3.63, 3.8) is 0 Å². The van der Waals surface area contributed by atoms with Gasteiger partial charge < -0.3 is 14.2 Å². The third-order valence-corrected chi connectivity index (χ3v) is 7.88. The standard InChI is InChI=1S/C36H28N4O2/c1-23-20-27(34-37-30-14-8-9-15-31(30)39(34)2)21-32-33(23)38-35(26-10-4-3-5-11-26)40(32)22-24-16-18-25(19-17-24)28-12-6-7-13-29(28)36(41)42/h3-21H,22H2,1-2H3,(H,41,42). The van der Waals surface area contributed by atoms with Crippen molar-refractivity contribution >= 4 is 28.0 Å². The van der Waals surface area contributed by atoms with Crippen LogP contribution < -0.4 is 0 Å². The summed E-state index contributed by atoms with van der Waals surface area (Å²) in [6.45, 7) is 2.71. The van der Waals surface area contributed by atoms with Crippen LogP contribution in [0.2, 0.25) is 0 Å². The maximum Gasteiger partial charge on any atom is 0.336 e. The van der Waals surface area contributed by atoms with E-state index in [0.717, 1.165) is 61.5 Å². The van der Waals surface area contributed by atoms with Crippen LogP contribution in [-0.4, -0.2) is 30.2 Å². The number of nitrogens with zero attached hydrogens (tertiary/aromatic N) is 4. The van der Waals surface area contributed by atoms with Gasteiger partial charge in [-0.3, -0.25) is 0 Å². The van der Waals surface area contributed by atoms with E-state index < -0.39 is 5.97 Å². The summed E-state index contributed by atoms with van der Waals surface area (Å²) in [7, 11) is 2.06. The van der Waals surface area contributed by atoms with Crippen molar-refractivity contribution in [2.24, 2.45) is 7.05 Å². The number of para-hydroxylation sites is 2. The Labute approximate surface area is 243 Å². The molecule has 204 valence electrons. The molecule has 0 unspecified atom stereocenters. The second-order valence-corrected chi connectivity index (χ2v) is 10.6. The first kappa shape index (κ1) is 25.5. The summed E-state index contributed by atoms with van der Waals surface area (Å²) in [4.78, 5) is 21.9. The number of aromatic carboxylic acids is 1. The highest BCUT2D eigenvalue weighted by Crippen LogP contribution is 2.33. The number of hydrogen-bond donors (Lipinski definition) is 1.